The highest BCUT2D eigenvalue weighted by Crippen LogP contribution is 2.20. The van der Waals surface area contributed by atoms with Crippen LogP contribution < -0.4 is 15.0 Å². The van der Waals surface area contributed by atoms with Crippen molar-refractivity contribution in [2.75, 3.05) is 56.6 Å². The standard InChI is InChI=1S/C18H23N7O/c1-26-15-4-2-14(3-5-15)25-10-8-24(9-11-25)7-6-19-17-16-18(21-12-20-16)23-13-22-17/h2-5,12-13H,6-11H2,1H3,(H2,19,20,21,22,23). The summed E-state index contributed by atoms with van der Waals surface area (Å²) in [7, 11) is 1.70. The maximum absolute atomic E-state index is 5.23. The highest BCUT2D eigenvalue weighted by atomic mass is 16.5. The number of ether oxygens (including phenoxy) is 1. The van der Waals surface area contributed by atoms with Crippen LogP contribution in [0.4, 0.5) is 11.5 Å². The second kappa shape index (κ2) is 7.57. The molecule has 0 unspecified atom stereocenters. The van der Waals surface area contributed by atoms with E-state index >= 15 is 0 Å². The predicted octanol–water partition coefficient (Wildman–Crippen LogP) is 1.60. The minimum atomic E-state index is 0.690. The Labute approximate surface area is 152 Å². The van der Waals surface area contributed by atoms with Gasteiger partial charge in [0.15, 0.2) is 11.5 Å². The van der Waals surface area contributed by atoms with Crippen molar-refractivity contribution in [3.63, 3.8) is 0 Å². The van der Waals surface area contributed by atoms with E-state index in [1.54, 1.807) is 19.8 Å². The van der Waals surface area contributed by atoms with Crippen LogP contribution in [0.5, 0.6) is 5.75 Å². The Morgan fingerprint density at radius 1 is 1.08 bits per heavy atom. The Hall–Kier alpha value is -2.87. The SMILES string of the molecule is COc1ccc(N2CCN(CCNc3ncnc4nc[nH]c34)CC2)cc1. The van der Waals surface area contributed by atoms with E-state index in [1.807, 2.05) is 12.1 Å². The van der Waals surface area contributed by atoms with E-state index in [0.717, 1.165) is 56.4 Å². The molecule has 0 spiro atoms. The van der Waals surface area contributed by atoms with Crippen molar-refractivity contribution in [2.45, 2.75) is 0 Å². The number of aromatic amines is 1. The zero-order valence-corrected chi connectivity index (χ0v) is 14.9. The van der Waals surface area contributed by atoms with E-state index in [4.69, 9.17) is 4.74 Å². The third-order valence-corrected chi connectivity index (χ3v) is 4.75. The summed E-state index contributed by atoms with van der Waals surface area (Å²) in [5.41, 5.74) is 2.80. The number of nitrogens with zero attached hydrogens (tertiary/aromatic N) is 5. The van der Waals surface area contributed by atoms with Gasteiger partial charge in [-0.3, -0.25) is 4.90 Å². The Bertz CT molecular complexity index is 840. The summed E-state index contributed by atoms with van der Waals surface area (Å²) in [6, 6.07) is 8.29. The second-order valence-corrected chi connectivity index (χ2v) is 6.28. The molecule has 8 heteroatoms. The molecule has 1 aromatic carbocycles. The van der Waals surface area contributed by atoms with E-state index in [9.17, 15) is 0 Å². The number of rotatable bonds is 6. The Kier molecular flexibility index (Phi) is 4.83. The number of hydrogen-bond acceptors (Lipinski definition) is 7. The van der Waals surface area contributed by atoms with Crippen LogP contribution in [0.3, 0.4) is 0 Å². The predicted molar refractivity (Wildman–Crippen MR) is 102 cm³/mol. The number of methoxy groups -OCH3 is 1. The lowest BCUT2D eigenvalue weighted by Gasteiger charge is -2.36. The van der Waals surface area contributed by atoms with Crippen LogP contribution >= 0.6 is 0 Å². The lowest BCUT2D eigenvalue weighted by molar-refractivity contribution is 0.267. The van der Waals surface area contributed by atoms with Gasteiger partial charge < -0.3 is 19.9 Å². The highest BCUT2D eigenvalue weighted by Gasteiger charge is 2.17. The molecule has 3 aromatic rings. The number of hydrogen-bond donors (Lipinski definition) is 2. The average molecular weight is 353 g/mol. The van der Waals surface area contributed by atoms with Gasteiger partial charge in [-0.2, -0.15) is 0 Å². The summed E-state index contributed by atoms with van der Waals surface area (Å²) in [6.07, 6.45) is 3.18. The smallest absolute Gasteiger partial charge is 0.182 e. The third-order valence-electron chi connectivity index (χ3n) is 4.75. The quantitative estimate of drug-likeness (QED) is 0.696. The number of anilines is 2. The molecular weight excluding hydrogens is 330 g/mol. The van der Waals surface area contributed by atoms with Gasteiger partial charge in [0.25, 0.3) is 0 Å². The van der Waals surface area contributed by atoms with Crippen LogP contribution in [-0.2, 0) is 0 Å². The van der Waals surface area contributed by atoms with Gasteiger partial charge in [0.05, 0.1) is 13.4 Å². The van der Waals surface area contributed by atoms with Gasteiger partial charge in [0, 0.05) is 45.0 Å². The zero-order chi connectivity index (χ0) is 17.8. The van der Waals surface area contributed by atoms with Crippen molar-refractivity contribution in [1.29, 1.82) is 0 Å². The molecular formula is C18H23N7O. The van der Waals surface area contributed by atoms with Gasteiger partial charge >= 0.3 is 0 Å². The van der Waals surface area contributed by atoms with E-state index in [2.05, 4.69) is 47.2 Å². The Balaban J connectivity index is 1.25. The van der Waals surface area contributed by atoms with Crippen LogP contribution in [-0.4, -0.2) is 71.2 Å². The first-order valence-electron chi connectivity index (χ1n) is 8.83. The average Bonchev–Trinajstić information content (AvgIpc) is 3.18. The molecule has 2 N–H and O–H groups in total. The first-order chi connectivity index (χ1) is 12.8. The molecule has 0 bridgehead atoms. The van der Waals surface area contributed by atoms with Crippen molar-refractivity contribution < 1.29 is 4.74 Å². The number of imidazole rings is 1. The summed E-state index contributed by atoms with van der Waals surface area (Å²) in [4.78, 5) is 20.6. The van der Waals surface area contributed by atoms with Gasteiger partial charge in [-0.25, -0.2) is 15.0 Å². The van der Waals surface area contributed by atoms with Crippen molar-refractivity contribution in [3.05, 3.63) is 36.9 Å². The number of nitrogens with one attached hydrogen (secondary N) is 2. The van der Waals surface area contributed by atoms with Gasteiger partial charge in [-0.15, -0.1) is 0 Å². The molecule has 1 aliphatic rings. The van der Waals surface area contributed by atoms with E-state index < -0.39 is 0 Å². The molecule has 0 radical (unpaired) electrons. The van der Waals surface area contributed by atoms with E-state index in [-0.39, 0.29) is 0 Å². The molecule has 1 fully saturated rings. The molecule has 136 valence electrons. The molecule has 0 saturated carbocycles. The number of fused-ring (bicyclic) bond motifs is 1. The molecule has 1 aliphatic heterocycles. The van der Waals surface area contributed by atoms with Crippen LogP contribution in [0.2, 0.25) is 0 Å². The molecule has 3 heterocycles. The topological polar surface area (TPSA) is 82.2 Å². The minimum absolute atomic E-state index is 0.690. The normalized spacial score (nSPS) is 15.3. The number of aromatic nitrogens is 4. The number of benzene rings is 1. The molecule has 26 heavy (non-hydrogen) atoms. The van der Waals surface area contributed by atoms with Crippen molar-refractivity contribution in [3.8, 4) is 5.75 Å². The van der Waals surface area contributed by atoms with Crippen LogP contribution in [0.15, 0.2) is 36.9 Å². The maximum Gasteiger partial charge on any atom is 0.182 e. The lowest BCUT2D eigenvalue weighted by Crippen LogP contribution is -2.47. The molecule has 2 aromatic heterocycles. The fourth-order valence-electron chi connectivity index (χ4n) is 3.25. The van der Waals surface area contributed by atoms with Gasteiger partial charge in [0.1, 0.15) is 17.6 Å². The molecule has 0 aliphatic carbocycles. The van der Waals surface area contributed by atoms with Gasteiger partial charge in [0.2, 0.25) is 0 Å². The fourth-order valence-corrected chi connectivity index (χ4v) is 3.25. The van der Waals surface area contributed by atoms with E-state index in [0.29, 0.717) is 5.65 Å². The van der Waals surface area contributed by atoms with Crippen molar-refractivity contribution in [2.24, 2.45) is 0 Å². The van der Waals surface area contributed by atoms with Crippen LogP contribution in [0, 0.1) is 0 Å². The summed E-state index contributed by atoms with van der Waals surface area (Å²) in [6.45, 7) is 5.99. The molecule has 0 atom stereocenters. The first kappa shape index (κ1) is 16.6. The Morgan fingerprint density at radius 2 is 1.88 bits per heavy atom. The fraction of sp³-hybridized carbons (Fsp3) is 0.389. The minimum Gasteiger partial charge on any atom is -0.497 e. The maximum atomic E-state index is 5.23. The summed E-state index contributed by atoms with van der Waals surface area (Å²) >= 11 is 0. The summed E-state index contributed by atoms with van der Waals surface area (Å²) in [5, 5.41) is 3.39. The summed E-state index contributed by atoms with van der Waals surface area (Å²) < 4.78 is 5.23. The third kappa shape index (κ3) is 3.55. The molecule has 0 amide bonds. The zero-order valence-electron chi connectivity index (χ0n) is 14.9. The molecule has 4 rings (SSSR count). The highest BCUT2D eigenvalue weighted by molar-refractivity contribution is 5.81. The van der Waals surface area contributed by atoms with Gasteiger partial charge in [-0.1, -0.05) is 0 Å². The molecule has 8 nitrogen and oxygen atoms in total. The number of H-pyrrole nitrogens is 1. The monoisotopic (exact) mass is 353 g/mol. The van der Waals surface area contributed by atoms with Gasteiger partial charge in [-0.05, 0) is 24.3 Å². The second-order valence-electron chi connectivity index (χ2n) is 6.28. The number of piperazine rings is 1. The molecule has 1 saturated heterocycles. The van der Waals surface area contributed by atoms with Crippen LogP contribution in [0.1, 0.15) is 0 Å². The van der Waals surface area contributed by atoms with E-state index in [1.165, 1.54) is 5.69 Å². The lowest BCUT2D eigenvalue weighted by atomic mass is 10.2. The Morgan fingerprint density at radius 3 is 2.65 bits per heavy atom. The largest absolute Gasteiger partial charge is 0.497 e. The van der Waals surface area contributed by atoms with Crippen molar-refractivity contribution in [1.82, 2.24) is 24.8 Å². The van der Waals surface area contributed by atoms with Crippen LogP contribution in [0.25, 0.3) is 11.2 Å². The first-order valence-corrected chi connectivity index (χ1v) is 8.83. The van der Waals surface area contributed by atoms with Crippen molar-refractivity contribution >= 4 is 22.7 Å². The summed E-state index contributed by atoms with van der Waals surface area (Å²) in [5.74, 6) is 1.71.